The van der Waals surface area contributed by atoms with Crippen molar-refractivity contribution in [2.75, 3.05) is 13.6 Å². The van der Waals surface area contributed by atoms with Crippen molar-refractivity contribution in [1.82, 2.24) is 15.6 Å². The number of hydrogen-bond acceptors (Lipinski definition) is 3. The predicted octanol–water partition coefficient (Wildman–Crippen LogP) is -1.68. The van der Waals surface area contributed by atoms with Gasteiger partial charge >= 0.3 is 19.5 Å². The van der Waals surface area contributed by atoms with Gasteiger partial charge in [0.2, 0.25) is 0 Å². The third kappa shape index (κ3) is 9.17. The summed E-state index contributed by atoms with van der Waals surface area (Å²) in [4.78, 5) is 0. The second-order valence-electron chi connectivity index (χ2n) is 6.39. The van der Waals surface area contributed by atoms with Gasteiger partial charge in [0, 0.05) is 25.4 Å². The van der Waals surface area contributed by atoms with Crippen LogP contribution >= 0.6 is 0 Å². The Morgan fingerprint density at radius 3 is 1.96 bits per heavy atom. The maximum atomic E-state index is 3.23. The summed E-state index contributed by atoms with van der Waals surface area (Å²) >= 11 is 0. The number of benzene rings is 1. The fourth-order valence-electron chi connectivity index (χ4n) is 2.50. The van der Waals surface area contributed by atoms with Crippen LogP contribution in [0.15, 0.2) is 36.5 Å². The van der Waals surface area contributed by atoms with Gasteiger partial charge in [0.25, 0.3) is 0 Å². The fraction of sp³-hybridized carbons (Fsp3) is 0.333. The molecule has 1 aliphatic heterocycles. The van der Waals surface area contributed by atoms with Gasteiger partial charge in [0.1, 0.15) is 0 Å². The number of hydrogen-bond donors (Lipinski definition) is 1. The van der Waals surface area contributed by atoms with E-state index in [2.05, 4.69) is 94.4 Å². The van der Waals surface area contributed by atoms with Gasteiger partial charge < -0.3 is 24.8 Å². The van der Waals surface area contributed by atoms with Gasteiger partial charge in [-0.3, -0.25) is 10.0 Å². The minimum Gasteiger partial charge on any atom is -1.00 e. The Morgan fingerprint density at radius 2 is 1.52 bits per heavy atom. The molecule has 6 heteroatoms. The molecule has 3 nitrogen and oxygen atoms in total. The Morgan fingerprint density at radius 1 is 0.963 bits per heavy atom. The molecule has 1 aromatic carbocycles. The molecule has 1 aliphatic carbocycles. The number of halogens is 2. The summed E-state index contributed by atoms with van der Waals surface area (Å²) in [5.41, 5.74) is 5.66. The van der Waals surface area contributed by atoms with Crippen LogP contribution in [0.25, 0.3) is 5.70 Å². The van der Waals surface area contributed by atoms with Crippen LogP contribution in [-0.2, 0) is 19.5 Å². The van der Waals surface area contributed by atoms with Crippen LogP contribution in [0.4, 0.5) is 0 Å². The van der Waals surface area contributed by atoms with Gasteiger partial charge in [0.15, 0.2) is 0 Å². The molecule has 0 atom stereocenters. The zero-order chi connectivity index (χ0) is 17.5. The second-order valence-corrected chi connectivity index (χ2v) is 6.39. The van der Waals surface area contributed by atoms with E-state index in [1.807, 2.05) is 18.1 Å². The first-order valence-electron chi connectivity index (χ1n) is 8.61. The molecule has 1 heterocycles. The summed E-state index contributed by atoms with van der Waals surface area (Å²) in [6.07, 6.45) is 10.8. The van der Waals surface area contributed by atoms with Gasteiger partial charge in [-0.2, -0.15) is 0 Å². The van der Waals surface area contributed by atoms with E-state index in [0.717, 1.165) is 6.54 Å². The Kier molecular flexibility index (Phi) is 15.7. The Hall–Kier alpha value is -0.277. The van der Waals surface area contributed by atoms with Crippen LogP contribution in [0.1, 0.15) is 33.3 Å². The molecule has 0 amide bonds. The van der Waals surface area contributed by atoms with Crippen molar-refractivity contribution in [2.45, 2.75) is 27.7 Å². The van der Waals surface area contributed by atoms with Crippen LogP contribution in [-0.4, -0.2) is 23.6 Å². The Balaban J connectivity index is 0. The average Bonchev–Trinajstić information content (AvgIpc) is 2.98. The third-order valence-corrected chi connectivity index (χ3v) is 4.07. The molecule has 2 aliphatic rings. The normalized spacial score (nSPS) is 17.2. The molecule has 1 saturated carbocycles. The molecule has 1 aromatic rings. The molecule has 1 fully saturated rings. The van der Waals surface area contributed by atoms with E-state index in [9.17, 15) is 0 Å². The zero-order valence-corrected chi connectivity index (χ0v) is 19.8. The van der Waals surface area contributed by atoms with Crippen molar-refractivity contribution < 1.29 is 44.3 Å². The number of nitrogens with zero attached hydrogens (tertiary/aromatic N) is 2. The third-order valence-electron chi connectivity index (χ3n) is 4.07. The van der Waals surface area contributed by atoms with E-state index in [0.29, 0.717) is 5.92 Å². The van der Waals surface area contributed by atoms with E-state index in [-0.39, 0.29) is 44.3 Å². The number of hydrazine groups is 2. The van der Waals surface area contributed by atoms with Crippen LogP contribution in [0.5, 0.6) is 0 Å². The summed E-state index contributed by atoms with van der Waals surface area (Å²) in [6, 6.07) is 10.4. The minimum atomic E-state index is 0. The summed E-state index contributed by atoms with van der Waals surface area (Å²) in [5, 5.41) is 4.08. The largest absolute Gasteiger partial charge is 2.00 e. The predicted molar refractivity (Wildman–Crippen MR) is 102 cm³/mol. The van der Waals surface area contributed by atoms with E-state index >= 15 is 0 Å². The van der Waals surface area contributed by atoms with Gasteiger partial charge in [-0.25, -0.2) is 0 Å². The maximum Gasteiger partial charge on any atom is 2.00 e. The van der Waals surface area contributed by atoms with Crippen LogP contribution in [0.2, 0.25) is 0 Å². The van der Waals surface area contributed by atoms with Crippen molar-refractivity contribution in [3.63, 3.8) is 0 Å². The van der Waals surface area contributed by atoms with Crippen LogP contribution < -0.4 is 30.3 Å². The van der Waals surface area contributed by atoms with E-state index in [4.69, 9.17) is 0 Å². The first kappa shape index (κ1) is 28.9. The molecule has 150 valence electrons. The smallest absolute Gasteiger partial charge is 1.00 e. The molecule has 27 heavy (non-hydrogen) atoms. The zero-order valence-electron chi connectivity index (χ0n) is 16.6. The monoisotopic (exact) mass is 495 g/mol. The Bertz CT molecular complexity index is 517. The van der Waals surface area contributed by atoms with E-state index in [1.54, 1.807) is 0 Å². The molecule has 0 saturated heterocycles. The van der Waals surface area contributed by atoms with Crippen molar-refractivity contribution >= 4 is 5.70 Å². The van der Waals surface area contributed by atoms with Crippen molar-refractivity contribution in [3.05, 3.63) is 79.6 Å². The van der Waals surface area contributed by atoms with Crippen LogP contribution in [0.3, 0.4) is 0 Å². The number of nitrogens with one attached hydrogen (secondary N) is 1. The van der Waals surface area contributed by atoms with Gasteiger partial charge in [-0.15, -0.1) is 5.53 Å². The molecule has 6 radical (unpaired) electrons. The SMILES string of the molecule is CCN1C=C(c2ccccc2)N(C)N1.C[C]1[CH][CH][C](C(C)C)[CH][CH]1.[Cl-].[Cl-].[Ru+2]. The average molecular weight is 495 g/mol. The van der Waals surface area contributed by atoms with E-state index in [1.165, 1.54) is 23.1 Å². The first-order chi connectivity index (χ1) is 11.5. The molecule has 1 N–H and O–H groups in total. The van der Waals surface area contributed by atoms with Crippen molar-refractivity contribution in [1.29, 1.82) is 0 Å². The summed E-state index contributed by atoms with van der Waals surface area (Å²) < 4.78 is 0. The topological polar surface area (TPSA) is 18.5 Å². The van der Waals surface area contributed by atoms with Crippen molar-refractivity contribution in [2.24, 2.45) is 5.92 Å². The molecule has 3 rings (SSSR count). The van der Waals surface area contributed by atoms with Gasteiger partial charge in [-0.05, 0) is 50.4 Å². The molecule has 0 unspecified atom stereocenters. The second kappa shape index (κ2) is 14.7. The molecule has 0 spiro atoms. The van der Waals surface area contributed by atoms with Gasteiger partial charge in [-0.1, -0.05) is 51.1 Å². The number of rotatable bonds is 3. The standard InChI is InChI=1S/C11H15N3.C10H14.2ClH.Ru/c1-3-14-9-11(13(2)12-14)10-7-5-4-6-8-10;1-8(2)10-6-4-9(3)5-7-10;;;/h4-9,12H,3H2,1-2H3;4-8H,1-3H3;2*1H;/q;;;;+2/p-2. The van der Waals surface area contributed by atoms with Gasteiger partial charge in [0.05, 0.1) is 5.70 Å². The first-order valence-corrected chi connectivity index (χ1v) is 8.61. The minimum absolute atomic E-state index is 0. The van der Waals surface area contributed by atoms with Crippen LogP contribution in [0, 0.1) is 43.4 Å². The quantitative estimate of drug-likeness (QED) is 0.506. The van der Waals surface area contributed by atoms with E-state index < -0.39 is 0 Å². The fourth-order valence-corrected chi connectivity index (χ4v) is 2.50. The molecule has 0 bridgehead atoms. The Labute approximate surface area is 191 Å². The summed E-state index contributed by atoms with van der Waals surface area (Å²) in [7, 11) is 2.02. The van der Waals surface area contributed by atoms with Crippen molar-refractivity contribution in [3.8, 4) is 0 Å². The molecule has 0 aromatic heterocycles. The summed E-state index contributed by atoms with van der Waals surface area (Å²) in [5.74, 6) is 3.41. The maximum absolute atomic E-state index is 3.23. The summed E-state index contributed by atoms with van der Waals surface area (Å²) in [6.45, 7) is 9.62. The molecular weight excluding hydrogens is 466 g/mol. The molecular formula is C21H29Cl2N3Ru.